The molecule has 0 aromatic heterocycles. The molecular formula is C20H25NO4. The molecule has 134 valence electrons. The van der Waals surface area contributed by atoms with Crippen LogP contribution < -0.4 is 0 Å². The summed E-state index contributed by atoms with van der Waals surface area (Å²) in [5.41, 5.74) is 1.35. The molecule has 1 saturated heterocycles. The minimum absolute atomic E-state index is 0.0458. The molecule has 0 radical (unpaired) electrons. The number of fused-ring (bicyclic) bond motifs is 1. The number of likely N-dealkylation sites (tertiary alicyclic amines) is 1. The standard InChI is InChI=1S/C20H25NO4/c1-4-25-20(24)18-12(2)5-6-14-10-21(11-17(14)18)19(23)16-8-7-15(22)9-13(16)3/h5-9,12,14,17-18,22H,4,10-11H2,1-3H3/t12-,14-,17-,18-/m0/s1. The maximum atomic E-state index is 12.9. The topological polar surface area (TPSA) is 66.8 Å². The van der Waals surface area contributed by atoms with Gasteiger partial charge in [-0.15, -0.1) is 0 Å². The first-order chi connectivity index (χ1) is 11.9. The molecule has 0 saturated carbocycles. The van der Waals surface area contributed by atoms with E-state index in [1.807, 2.05) is 25.7 Å². The van der Waals surface area contributed by atoms with Crippen LogP contribution in [0.4, 0.5) is 0 Å². The van der Waals surface area contributed by atoms with Crippen LogP contribution >= 0.6 is 0 Å². The molecule has 1 N–H and O–H groups in total. The number of rotatable bonds is 3. The maximum Gasteiger partial charge on any atom is 0.309 e. The SMILES string of the molecule is CCOC(=O)[C@@H]1[C@H]2CN(C(=O)c3ccc(O)cc3C)C[C@@H]2C=C[C@@H]1C. The van der Waals surface area contributed by atoms with Crippen LogP contribution in [0.1, 0.15) is 29.8 Å². The minimum Gasteiger partial charge on any atom is -0.508 e. The van der Waals surface area contributed by atoms with Crippen LogP contribution in [0.3, 0.4) is 0 Å². The number of ether oxygens (including phenoxy) is 1. The Kier molecular flexibility index (Phi) is 4.84. The van der Waals surface area contributed by atoms with Gasteiger partial charge in [0.1, 0.15) is 5.75 Å². The lowest BCUT2D eigenvalue weighted by Gasteiger charge is -2.31. The van der Waals surface area contributed by atoms with Crippen molar-refractivity contribution in [2.24, 2.45) is 23.7 Å². The Balaban J connectivity index is 1.81. The number of phenols is 1. The van der Waals surface area contributed by atoms with Crippen molar-refractivity contribution in [2.45, 2.75) is 20.8 Å². The van der Waals surface area contributed by atoms with E-state index in [4.69, 9.17) is 4.74 Å². The van der Waals surface area contributed by atoms with Crippen molar-refractivity contribution in [1.82, 2.24) is 4.90 Å². The normalized spacial score (nSPS) is 27.9. The molecule has 1 amide bonds. The minimum atomic E-state index is -0.200. The Morgan fingerprint density at radius 1 is 1.28 bits per heavy atom. The quantitative estimate of drug-likeness (QED) is 0.677. The van der Waals surface area contributed by atoms with E-state index in [0.717, 1.165) is 5.56 Å². The molecule has 0 bridgehead atoms. The highest BCUT2D eigenvalue weighted by atomic mass is 16.5. The van der Waals surface area contributed by atoms with Gasteiger partial charge in [0.15, 0.2) is 0 Å². The van der Waals surface area contributed by atoms with Crippen LogP contribution in [0.15, 0.2) is 30.4 Å². The number of esters is 1. The van der Waals surface area contributed by atoms with Crippen molar-refractivity contribution in [3.63, 3.8) is 0 Å². The first kappa shape index (κ1) is 17.5. The fraction of sp³-hybridized carbons (Fsp3) is 0.500. The number of benzene rings is 1. The second-order valence-corrected chi connectivity index (χ2v) is 7.06. The van der Waals surface area contributed by atoms with Gasteiger partial charge in [0, 0.05) is 18.7 Å². The van der Waals surface area contributed by atoms with Crippen molar-refractivity contribution in [3.05, 3.63) is 41.5 Å². The smallest absolute Gasteiger partial charge is 0.309 e. The van der Waals surface area contributed by atoms with Crippen LogP contribution in [0.5, 0.6) is 5.75 Å². The molecule has 1 aliphatic carbocycles. The number of phenolic OH excluding ortho intramolecular Hbond substituents is 1. The Labute approximate surface area is 148 Å². The number of hydrogen-bond acceptors (Lipinski definition) is 4. The van der Waals surface area contributed by atoms with Gasteiger partial charge in [-0.3, -0.25) is 9.59 Å². The van der Waals surface area contributed by atoms with Gasteiger partial charge in [-0.2, -0.15) is 0 Å². The first-order valence-electron chi connectivity index (χ1n) is 8.86. The maximum absolute atomic E-state index is 12.9. The molecule has 0 spiro atoms. The van der Waals surface area contributed by atoms with Crippen LogP contribution in [-0.2, 0) is 9.53 Å². The fourth-order valence-corrected chi connectivity index (χ4v) is 4.12. The number of carbonyl (C=O) groups is 2. The molecule has 5 nitrogen and oxygen atoms in total. The van der Waals surface area contributed by atoms with Gasteiger partial charge < -0.3 is 14.7 Å². The van der Waals surface area contributed by atoms with Gasteiger partial charge in [0.2, 0.25) is 0 Å². The lowest BCUT2D eigenvalue weighted by molar-refractivity contribution is -0.152. The van der Waals surface area contributed by atoms with Crippen LogP contribution in [-0.4, -0.2) is 41.6 Å². The predicted molar refractivity (Wildman–Crippen MR) is 94.2 cm³/mol. The molecule has 1 aliphatic heterocycles. The molecule has 1 aromatic carbocycles. The van der Waals surface area contributed by atoms with Crippen molar-refractivity contribution >= 4 is 11.9 Å². The lowest BCUT2D eigenvalue weighted by Crippen LogP contribution is -2.37. The number of allylic oxidation sites excluding steroid dienone is 1. The Morgan fingerprint density at radius 2 is 2.04 bits per heavy atom. The van der Waals surface area contributed by atoms with Gasteiger partial charge in [0.05, 0.1) is 12.5 Å². The highest BCUT2D eigenvalue weighted by Gasteiger charge is 2.46. The largest absolute Gasteiger partial charge is 0.508 e. The third-order valence-corrected chi connectivity index (χ3v) is 5.39. The Morgan fingerprint density at radius 3 is 2.72 bits per heavy atom. The second kappa shape index (κ2) is 6.90. The number of hydrogen-bond donors (Lipinski definition) is 1. The number of nitrogens with zero attached hydrogens (tertiary/aromatic N) is 1. The van der Waals surface area contributed by atoms with Crippen molar-refractivity contribution in [3.8, 4) is 5.75 Å². The molecule has 25 heavy (non-hydrogen) atoms. The molecule has 2 aliphatic rings. The summed E-state index contributed by atoms with van der Waals surface area (Å²) in [6, 6.07) is 4.79. The van der Waals surface area contributed by atoms with E-state index >= 15 is 0 Å². The third-order valence-electron chi connectivity index (χ3n) is 5.39. The van der Waals surface area contributed by atoms with Crippen molar-refractivity contribution < 1.29 is 19.4 Å². The molecule has 1 fully saturated rings. The first-order valence-corrected chi connectivity index (χ1v) is 8.86. The Bertz CT molecular complexity index is 712. The summed E-state index contributed by atoms with van der Waals surface area (Å²) < 4.78 is 5.27. The molecule has 5 heteroatoms. The Hall–Kier alpha value is -2.30. The highest BCUT2D eigenvalue weighted by molar-refractivity contribution is 5.96. The summed E-state index contributed by atoms with van der Waals surface area (Å²) in [6.07, 6.45) is 4.21. The van der Waals surface area contributed by atoms with Crippen LogP contribution in [0, 0.1) is 30.6 Å². The summed E-state index contributed by atoms with van der Waals surface area (Å²) in [5.74, 6) is 0.148. The molecule has 4 atom stereocenters. The van der Waals surface area contributed by atoms with Gasteiger partial charge in [-0.25, -0.2) is 0 Å². The summed E-state index contributed by atoms with van der Waals surface area (Å²) in [4.78, 5) is 27.1. The second-order valence-electron chi connectivity index (χ2n) is 7.06. The molecule has 0 unspecified atom stereocenters. The summed E-state index contributed by atoms with van der Waals surface area (Å²) in [5, 5.41) is 9.54. The fourth-order valence-electron chi connectivity index (χ4n) is 4.12. The van der Waals surface area contributed by atoms with E-state index in [-0.39, 0.29) is 41.3 Å². The van der Waals surface area contributed by atoms with E-state index in [1.54, 1.807) is 12.1 Å². The monoisotopic (exact) mass is 343 g/mol. The van der Waals surface area contributed by atoms with Gasteiger partial charge in [-0.05, 0) is 55.4 Å². The van der Waals surface area contributed by atoms with Gasteiger partial charge in [0.25, 0.3) is 5.91 Å². The van der Waals surface area contributed by atoms with Gasteiger partial charge >= 0.3 is 5.97 Å². The van der Waals surface area contributed by atoms with Crippen LogP contribution in [0.25, 0.3) is 0 Å². The average molecular weight is 343 g/mol. The predicted octanol–water partition coefficient (Wildman–Crippen LogP) is 2.77. The average Bonchev–Trinajstić information content (AvgIpc) is 2.98. The number of carbonyl (C=O) groups excluding carboxylic acids is 2. The summed E-state index contributed by atoms with van der Waals surface area (Å²) in [7, 11) is 0. The van der Waals surface area contributed by atoms with Crippen LogP contribution in [0.2, 0.25) is 0 Å². The molecular weight excluding hydrogens is 318 g/mol. The zero-order valence-corrected chi connectivity index (χ0v) is 14.9. The van der Waals surface area contributed by atoms with E-state index in [2.05, 4.69) is 12.2 Å². The summed E-state index contributed by atoms with van der Waals surface area (Å²) in [6.45, 7) is 7.21. The van der Waals surface area contributed by atoms with Crippen molar-refractivity contribution in [1.29, 1.82) is 0 Å². The molecule has 1 heterocycles. The highest BCUT2D eigenvalue weighted by Crippen LogP contribution is 2.40. The van der Waals surface area contributed by atoms with E-state index in [1.165, 1.54) is 6.07 Å². The number of amides is 1. The molecule has 1 aromatic rings. The van der Waals surface area contributed by atoms with E-state index in [0.29, 0.717) is 25.3 Å². The summed E-state index contributed by atoms with van der Waals surface area (Å²) >= 11 is 0. The lowest BCUT2D eigenvalue weighted by atomic mass is 9.72. The third kappa shape index (κ3) is 3.28. The van der Waals surface area contributed by atoms with E-state index in [9.17, 15) is 14.7 Å². The number of aromatic hydroxyl groups is 1. The number of aryl methyl sites for hydroxylation is 1. The van der Waals surface area contributed by atoms with Crippen molar-refractivity contribution in [2.75, 3.05) is 19.7 Å². The zero-order chi connectivity index (χ0) is 18.1. The van der Waals surface area contributed by atoms with Gasteiger partial charge in [-0.1, -0.05) is 19.1 Å². The van der Waals surface area contributed by atoms with E-state index < -0.39 is 0 Å². The molecule has 3 rings (SSSR count). The zero-order valence-electron chi connectivity index (χ0n) is 14.9.